The zero-order chi connectivity index (χ0) is 21.6. The lowest BCUT2D eigenvalue weighted by molar-refractivity contribution is -0.123. The number of nitrogens with one attached hydrogen (secondary N) is 1. The first kappa shape index (κ1) is 21.2. The third-order valence-electron chi connectivity index (χ3n) is 5.90. The molecule has 0 radical (unpaired) electrons. The van der Waals surface area contributed by atoms with Crippen molar-refractivity contribution in [3.8, 4) is 5.75 Å². The molecule has 2 aromatic rings. The number of anilines is 2. The molecule has 0 atom stereocenters. The molecule has 1 N–H and O–H groups in total. The average molecular weight is 423 g/mol. The maximum atomic E-state index is 12.3. The van der Waals surface area contributed by atoms with Gasteiger partial charge in [0.15, 0.2) is 6.61 Å². The molecule has 2 aliphatic heterocycles. The van der Waals surface area contributed by atoms with Crippen molar-refractivity contribution in [1.29, 1.82) is 0 Å². The summed E-state index contributed by atoms with van der Waals surface area (Å²) in [6, 6.07) is 15.6. The molecule has 31 heavy (non-hydrogen) atoms. The summed E-state index contributed by atoms with van der Waals surface area (Å²) >= 11 is 0. The molecule has 2 aromatic carbocycles. The first-order chi connectivity index (χ1) is 15.1. The Morgan fingerprint density at radius 3 is 2.45 bits per heavy atom. The monoisotopic (exact) mass is 422 g/mol. The molecule has 4 rings (SSSR count). The second kappa shape index (κ2) is 9.83. The van der Waals surface area contributed by atoms with Crippen LogP contribution < -0.4 is 19.9 Å². The van der Waals surface area contributed by atoms with Crippen molar-refractivity contribution in [3.63, 3.8) is 0 Å². The smallest absolute Gasteiger partial charge is 0.258 e. The van der Waals surface area contributed by atoms with E-state index in [1.807, 2.05) is 24.3 Å². The average Bonchev–Trinajstić information content (AvgIpc) is 3.23. The van der Waals surface area contributed by atoms with Gasteiger partial charge in [0.1, 0.15) is 5.75 Å². The molecule has 2 fully saturated rings. The highest BCUT2D eigenvalue weighted by Crippen LogP contribution is 2.24. The van der Waals surface area contributed by atoms with Crippen LogP contribution in [0.3, 0.4) is 0 Å². The van der Waals surface area contributed by atoms with Gasteiger partial charge in [-0.2, -0.15) is 0 Å². The Balaban J connectivity index is 1.27. The topological polar surface area (TPSA) is 65.1 Å². The Morgan fingerprint density at radius 1 is 1.00 bits per heavy atom. The van der Waals surface area contributed by atoms with Gasteiger partial charge in [-0.05, 0) is 49.4 Å². The van der Waals surface area contributed by atoms with Crippen molar-refractivity contribution in [1.82, 2.24) is 10.2 Å². The molecule has 7 heteroatoms. The van der Waals surface area contributed by atoms with Crippen LogP contribution in [0.1, 0.15) is 18.4 Å². The molecule has 2 amide bonds. The van der Waals surface area contributed by atoms with Gasteiger partial charge in [0.25, 0.3) is 5.91 Å². The second-order valence-electron chi connectivity index (χ2n) is 8.13. The number of likely N-dealkylation sites (N-methyl/N-ethyl adjacent to an activating group) is 1. The van der Waals surface area contributed by atoms with E-state index < -0.39 is 0 Å². The first-order valence-electron chi connectivity index (χ1n) is 10.9. The SMILES string of the molecule is CN1CCN(c2ccccc2CNC(=O)COc2ccc(N3CCCC3=O)cc2)CC1. The number of nitrogens with zero attached hydrogens (tertiary/aromatic N) is 3. The molecule has 7 nitrogen and oxygen atoms in total. The van der Waals surface area contributed by atoms with E-state index in [0.717, 1.165) is 50.4 Å². The molecule has 2 saturated heterocycles. The van der Waals surface area contributed by atoms with Gasteiger partial charge >= 0.3 is 0 Å². The summed E-state index contributed by atoms with van der Waals surface area (Å²) < 4.78 is 5.63. The number of hydrogen-bond acceptors (Lipinski definition) is 5. The Kier molecular flexibility index (Phi) is 6.72. The molecule has 0 spiro atoms. The first-order valence-corrected chi connectivity index (χ1v) is 10.9. The van der Waals surface area contributed by atoms with Crippen LogP contribution in [0.2, 0.25) is 0 Å². The minimum absolute atomic E-state index is 0.0430. The molecule has 0 unspecified atom stereocenters. The third kappa shape index (κ3) is 5.35. The number of amides is 2. The van der Waals surface area contributed by atoms with E-state index in [1.165, 1.54) is 5.69 Å². The molecule has 164 valence electrons. The summed E-state index contributed by atoms with van der Waals surface area (Å²) in [5.41, 5.74) is 3.17. The van der Waals surface area contributed by atoms with Gasteiger partial charge in [-0.1, -0.05) is 18.2 Å². The minimum Gasteiger partial charge on any atom is -0.484 e. The van der Waals surface area contributed by atoms with E-state index in [2.05, 4.69) is 34.3 Å². The van der Waals surface area contributed by atoms with Crippen LogP contribution in [-0.2, 0) is 16.1 Å². The number of carbonyl (C=O) groups is 2. The molecule has 0 saturated carbocycles. The lowest BCUT2D eigenvalue weighted by atomic mass is 10.1. The van der Waals surface area contributed by atoms with Crippen LogP contribution in [-0.4, -0.2) is 63.1 Å². The van der Waals surface area contributed by atoms with Gasteiger partial charge in [0.2, 0.25) is 5.91 Å². The third-order valence-corrected chi connectivity index (χ3v) is 5.90. The van der Waals surface area contributed by atoms with Crippen molar-refractivity contribution in [2.24, 2.45) is 0 Å². The zero-order valence-corrected chi connectivity index (χ0v) is 18.0. The maximum Gasteiger partial charge on any atom is 0.258 e. The van der Waals surface area contributed by atoms with Crippen molar-refractivity contribution in [2.75, 3.05) is 56.2 Å². The summed E-state index contributed by atoms with van der Waals surface area (Å²) in [6.07, 6.45) is 1.51. The van der Waals surface area contributed by atoms with Crippen LogP contribution >= 0.6 is 0 Å². The predicted molar refractivity (Wildman–Crippen MR) is 122 cm³/mol. The van der Waals surface area contributed by atoms with Crippen molar-refractivity contribution >= 4 is 23.2 Å². The summed E-state index contributed by atoms with van der Waals surface area (Å²) in [7, 11) is 2.14. The second-order valence-corrected chi connectivity index (χ2v) is 8.13. The van der Waals surface area contributed by atoms with Gasteiger partial charge in [-0.25, -0.2) is 0 Å². The highest BCUT2D eigenvalue weighted by molar-refractivity contribution is 5.95. The van der Waals surface area contributed by atoms with E-state index in [0.29, 0.717) is 18.7 Å². The van der Waals surface area contributed by atoms with Crippen molar-refractivity contribution in [2.45, 2.75) is 19.4 Å². The highest BCUT2D eigenvalue weighted by atomic mass is 16.5. The Hall–Kier alpha value is -3.06. The molecule has 2 aliphatic rings. The molecule has 0 aromatic heterocycles. The van der Waals surface area contributed by atoms with Gasteiger partial charge in [0.05, 0.1) is 0 Å². The van der Waals surface area contributed by atoms with Crippen LogP contribution in [0.4, 0.5) is 11.4 Å². The molecular weight excluding hydrogens is 392 g/mol. The van der Waals surface area contributed by atoms with Crippen LogP contribution in [0.25, 0.3) is 0 Å². The normalized spacial score (nSPS) is 17.1. The summed E-state index contributed by atoms with van der Waals surface area (Å²) in [5, 5.41) is 2.97. The van der Waals surface area contributed by atoms with E-state index in [4.69, 9.17) is 4.74 Å². The van der Waals surface area contributed by atoms with Gasteiger partial charge in [-0.15, -0.1) is 0 Å². The fourth-order valence-electron chi connectivity index (χ4n) is 4.05. The van der Waals surface area contributed by atoms with E-state index in [9.17, 15) is 9.59 Å². The van der Waals surface area contributed by atoms with Crippen LogP contribution in [0.15, 0.2) is 48.5 Å². The predicted octanol–water partition coefficient (Wildman–Crippen LogP) is 2.26. The molecular formula is C24H30N4O3. The van der Waals surface area contributed by atoms with Gasteiger partial charge in [0, 0.05) is 57.1 Å². The quantitative estimate of drug-likeness (QED) is 0.742. The van der Waals surface area contributed by atoms with Crippen molar-refractivity contribution < 1.29 is 14.3 Å². The Bertz CT molecular complexity index is 907. The minimum atomic E-state index is -0.160. The van der Waals surface area contributed by atoms with Crippen LogP contribution in [0, 0.1) is 0 Å². The highest BCUT2D eigenvalue weighted by Gasteiger charge is 2.21. The molecule has 2 heterocycles. The fourth-order valence-corrected chi connectivity index (χ4v) is 4.05. The van der Waals surface area contributed by atoms with Gasteiger partial charge in [-0.3, -0.25) is 9.59 Å². The Labute approximate surface area is 183 Å². The standard InChI is InChI=1S/C24H30N4O3/c1-26-13-15-27(16-14-26)22-6-3-2-5-19(22)17-25-23(29)18-31-21-10-8-20(9-11-21)28-12-4-7-24(28)30/h2-3,5-6,8-11H,4,7,12-18H2,1H3,(H,25,29). The summed E-state index contributed by atoms with van der Waals surface area (Å²) in [5.74, 6) is 0.611. The lowest BCUT2D eigenvalue weighted by Gasteiger charge is -2.35. The van der Waals surface area contributed by atoms with E-state index in [-0.39, 0.29) is 18.4 Å². The number of para-hydroxylation sites is 1. The van der Waals surface area contributed by atoms with Gasteiger partial charge < -0.3 is 24.8 Å². The van der Waals surface area contributed by atoms with E-state index in [1.54, 1.807) is 17.0 Å². The van der Waals surface area contributed by atoms with E-state index >= 15 is 0 Å². The zero-order valence-electron chi connectivity index (χ0n) is 18.0. The maximum absolute atomic E-state index is 12.3. The molecule has 0 bridgehead atoms. The molecule has 0 aliphatic carbocycles. The largest absolute Gasteiger partial charge is 0.484 e. The van der Waals surface area contributed by atoms with Crippen LogP contribution in [0.5, 0.6) is 5.75 Å². The number of benzene rings is 2. The number of carbonyl (C=O) groups excluding carboxylic acids is 2. The summed E-state index contributed by atoms with van der Waals surface area (Å²) in [6.45, 7) is 5.25. The number of ether oxygens (including phenoxy) is 1. The summed E-state index contributed by atoms with van der Waals surface area (Å²) in [4.78, 5) is 30.7. The number of hydrogen-bond donors (Lipinski definition) is 1. The lowest BCUT2D eigenvalue weighted by Crippen LogP contribution is -2.45. The number of piperazine rings is 1. The van der Waals surface area contributed by atoms with Crippen molar-refractivity contribution in [3.05, 3.63) is 54.1 Å². The Morgan fingerprint density at radius 2 is 1.74 bits per heavy atom. The fraction of sp³-hybridized carbons (Fsp3) is 0.417. The number of rotatable bonds is 7.